The molecule has 0 aromatic heterocycles. The lowest BCUT2D eigenvalue weighted by Gasteiger charge is -2.16. The Hall–Kier alpha value is -2.22. The minimum absolute atomic E-state index is 0.145. The van der Waals surface area contributed by atoms with Gasteiger partial charge in [0.05, 0.1) is 16.7 Å². The van der Waals surface area contributed by atoms with Gasteiger partial charge in [0.25, 0.3) is 11.6 Å². The van der Waals surface area contributed by atoms with Crippen LogP contribution in [-0.4, -0.2) is 28.8 Å². The van der Waals surface area contributed by atoms with Crippen molar-refractivity contribution in [2.45, 2.75) is 12.8 Å². The first-order valence-corrected chi connectivity index (χ1v) is 5.78. The van der Waals surface area contributed by atoms with Crippen molar-refractivity contribution in [3.63, 3.8) is 0 Å². The van der Waals surface area contributed by atoms with Crippen LogP contribution in [0.4, 0.5) is 15.8 Å². The predicted molar refractivity (Wildman–Crippen MR) is 66.0 cm³/mol. The zero-order valence-electron chi connectivity index (χ0n) is 10.1. The highest BCUT2D eigenvalue weighted by Gasteiger charge is 2.28. The number of nitro benzene ring substituents is 1. The summed E-state index contributed by atoms with van der Waals surface area (Å²) in [5.41, 5.74) is 1.23. The van der Waals surface area contributed by atoms with E-state index in [1.165, 1.54) is 4.90 Å². The van der Waals surface area contributed by atoms with Crippen molar-refractivity contribution >= 4 is 17.3 Å². The number of hydrogen-bond acceptors (Lipinski definition) is 5. The number of carbonyl (C=O) groups excluding carboxylic acids is 1. The number of nitro groups is 1. The molecule has 102 valence electrons. The van der Waals surface area contributed by atoms with E-state index in [1.54, 1.807) is 0 Å². The third-order valence-corrected chi connectivity index (χ3v) is 3.06. The molecule has 1 aromatic carbocycles. The number of rotatable bonds is 3. The fourth-order valence-electron chi connectivity index (χ4n) is 2.09. The summed E-state index contributed by atoms with van der Waals surface area (Å²) in [5.74, 6) is 3.77. The molecule has 19 heavy (non-hydrogen) atoms. The zero-order valence-corrected chi connectivity index (χ0v) is 10.1. The number of hydrazine groups is 1. The van der Waals surface area contributed by atoms with Gasteiger partial charge >= 0.3 is 0 Å². The van der Waals surface area contributed by atoms with E-state index in [2.05, 4.69) is 5.43 Å². The van der Waals surface area contributed by atoms with Gasteiger partial charge in [-0.2, -0.15) is 0 Å². The summed E-state index contributed by atoms with van der Waals surface area (Å²) in [6.07, 6.45) is 1.73. The molecule has 0 atom stereocenters. The van der Waals surface area contributed by atoms with Crippen LogP contribution >= 0.6 is 0 Å². The van der Waals surface area contributed by atoms with Gasteiger partial charge in [-0.15, -0.1) is 0 Å². The summed E-state index contributed by atoms with van der Waals surface area (Å²) in [6, 6.07) is 1.78. The van der Waals surface area contributed by atoms with Crippen LogP contribution in [0.1, 0.15) is 23.2 Å². The number of nitrogens with zero attached hydrogens (tertiary/aromatic N) is 2. The maximum absolute atomic E-state index is 13.5. The second-order valence-electron chi connectivity index (χ2n) is 4.25. The van der Waals surface area contributed by atoms with E-state index < -0.39 is 22.3 Å². The molecule has 2 rings (SSSR count). The lowest BCUT2D eigenvalue weighted by Crippen LogP contribution is -2.28. The number of amides is 1. The van der Waals surface area contributed by atoms with E-state index in [9.17, 15) is 19.3 Å². The first-order chi connectivity index (χ1) is 9.04. The largest absolute Gasteiger partial charge is 0.338 e. The van der Waals surface area contributed by atoms with E-state index in [0.717, 1.165) is 18.9 Å². The molecule has 8 heteroatoms. The first-order valence-electron chi connectivity index (χ1n) is 5.78. The second kappa shape index (κ2) is 5.19. The summed E-state index contributed by atoms with van der Waals surface area (Å²) in [5, 5.41) is 10.9. The molecule has 3 N–H and O–H groups in total. The van der Waals surface area contributed by atoms with Gasteiger partial charge in [-0.05, 0) is 18.9 Å². The molecule has 0 aliphatic carbocycles. The van der Waals surface area contributed by atoms with Gasteiger partial charge in [0.2, 0.25) is 0 Å². The summed E-state index contributed by atoms with van der Waals surface area (Å²) >= 11 is 0. The molecule has 1 heterocycles. The Balaban J connectivity index is 2.46. The van der Waals surface area contributed by atoms with Crippen molar-refractivity contribution < 1.29 is 14.1 Å². The second-order valence-corrected chi connectivity index (χ2v) is 4.25. The minimum atomic E-state index is -0.868. The lowest BCUT2D eigenvalue weighted by atomic mass is 10.1. The molecule has 1 aromatic rings. The highest BCUT2D eigenvalue weighted by molar-refractivity contribution is 5.99. The maximum Gasteiger partial charge on any atom is 0.285 e. The summed E-state index contributed by atoms with van der Waals surface area (Å²) in [7, 11) is 0. The van der Waals surface area contributed by atoms with E-state index in [-0.39, 0.29) is 11.3 Å². The van der Waals surface area contributed by atoms with Crippen LogP contribution in [0.25, 0.3) is 0 Å². The number of anilines is 1. The number of carbonyl (C=O) groups is 1. The highest BCUT2D eigenvalue weighted by atomic mass is 19.1. The molecule has 1 saturated heterocycles. The quantitative estimate of drug-likeness (QED) is 0.488. The Kier molecular flexibility index (Phi) is 3.61. The molecule has 0 unspecified atom stereocenters. The van der Waals surface area contributed by atoms with E-state index >= 15 is 0 Å². The zero-order chi connectivity index (χ0) is 14.0. The Labute approximate surface area is 108 Å². The topological polar surface area (TPSA) is 102 Å². The molecular weight excluding hydrogens is 255 g/mol. The first kappa shape index (κ1) is 13.2. The Morgan fingerprint density at radius 3 is 2.58 bits per heavy atom. The van der Waals surface area contributed by atoms with Crippen molar-refractivity contribution in [2.24, 2.45) is 5.84 Å². The average molecular weight is 268 g/mol. The number of likely N-dealkylation sites (tertiary alicyclic amines) is 1. The van der Waals surface area contributed by atoms with Gasteiger partial charge in [-0.25, -0.2) is 4.39 Å². The molecule has 0 saturated carbocycles. The molecule has 7 nitrogen and oxygen atoms in total. The normalized spacial score (nSPS) is 14.5. The van der Waals surface area contributed by atoms with Gasteiger partial charge in [0.15, 0.2) is 5.82 Å². The van der Waals surface area contributed by atoms with Gasteiger partial charge in [-0.1, -0.05) is 0 Å². The van der Waals surface area contributed by atoms with Gasteiger partial charge in [0, 0.05) is 13.1 Å². The van der Waals surface area contributed by atoms with Crippen molar-refractivity contribution in [2.75, 3.05) is 18.5 Å². The minimum Gasteiger partial charge on any atom is -0.338 e. The molecule has 1 aliphatic rings. The Bertz CT molecular complexity index is 529. The van der Waals surface area contributed by atoms with Crippen molar-refractivity contribution in [1.82, 2.24) is 4.90 Å². The predicted octanol–water partition coefficient (Wildman–Crippen LogP) is 1.26. The monoisotopic (exact) mass is 268 g/mol. The Morgan fingerprint density at radius 1 is 1.42 bits per heavy atom. The van der Waals surface area contributed by atoms with E-state index in [1.807, 2.05) is 0 Å². The van der Waals surface area contributed by atoms with Gasteiger partial charge in [-0.3, -0.25) is 20.8 Å². The Morgan fingerprint density at radius 2 is 2.05 bits per heavy atom. The standard InChI is InChI=1S/C11H13FN4O3/c12-8-6-10(16(18)19)7(5-9(8)14-13)11(17)15-3-1-2-4-15/h5-6,14H,1-4,13H2. The SMILES string of the molecule is NNc1cc(C(=O)N2CCCC2)c([N+](=O)[O-])cc1F. The molecule has 0 spiro atoms. The fourth-order valence-corrected chi connectivity index (χ4v) is 2.09. The molecule has 0 bridgehead atoms. The smallest absolute Gasteiger partial charge is 0.285 e. The van der Waals surface area contributed by atoms with E-state index in [0.29, 0.717) is 19.2 Å². The summed E-state index contributed by atoms with van der Waals surface area (Å²) in [6.45, 7) is 1.11. The van der Waals surface area contributed by atoms with Crippen LogP contribution in [0.2, 0.25) is 0 Å². The summed E-state index contributed by atoms with van der Waals surface area (Å²) in [4.78, 5) is 23.8. The van der Waals surface area contributed by atoms with Crippen LogP contribution in [-0.2, 0) is 0 Å². The number of benzene rings is 1. The number of nitrogens with two attached hydrogens (primary N) is 1. The number of halogens is 1. The number of nitrogen functional groups attached to an aromatic ring is 1. The van der Waals surface area contributed by atoms with Crippen LogP contribution in [0.3, 0.4) is 0 Å². The van der Waals surface area contributed by atoms with Crippen LogP contribution in [0, 0.1) is 15.9 Å². The molecule has 0 radical (unpaired) electrons. The average Bonchev–Trinajstić information content (AvgIpc) is 2.91. The molecule has 1 amide bonds. The molecule has 1 aliphatic heterocycles. The van der Waals surface area contributed by atoms with Crippen LogP contribution in [0.15, 0.2) is 12.1 Å². The highest BCUT2D eigenvalue weighted by Crippen LogP contribution is 2.27. The molecule has 1 fully saturated rings. The van der Waals surface area contributed by atoms with Crippen molar-refractivity contribution in [1.29, 1.82) is 0 Å². The number of hydrogen-bond donors (Lipinski definition) is 2. The summed E-state index contributed by atoms with van der Waals surface area (Å²) < 4.78 is 13.5. The van der Waals surface area contributed by atoms with Crippen LogP contribution in [0.5, 0.6) is 0 Å². The van der Waals surface area contributed by atoms with Crippen molar-refractivity contribution in [3.8, 4) is 0 Å². The molecular formula is C11H13FN4O3. The van der Waals surface area contributed by atoms with E-state index in [4.69, 9.17) is 5.84 Å². The van der Waals surface area contributed by atoms with Crippen LogP contribution < -0.4 is 11.3 Å². The van der Waals surface area contributed by atoms with Crippen molar-refractivity contribution in [3.05, 3.63) is 33.6 Å². The lowest BCUT2D eigenvalue weighted by molar-refractivity contribution is -0.385. The van der Waals surface area contributed by atoms with Gasteiger partial charge in [0.1, 0.15) is 5.56 Å². The third kappa shape index (κ3) is 2.48. The number of nitrogens with one attached hydrogen (secondary N) is 1. The fraction of sp³-hybridized carbons (Fsp3) is 0.364. The third-order valence-electron chi connectivity index (χ3n) is 3.06. The van der Waals surface area contributed by atoms with Gasteiger partial charge < -0.3 is 10.3 Å². The maximum atomic E-state index is 13.5.